The fourth-order valence-electron chi connectivity index (χ4n) is 2.66. The predicted molar refractivity (Wildman–Crippen MR) is 91.7 cm³/mol. The van der Waals surface area contributed by atoms with Crippen molar-refractivity contribution in [3.8, 4) is 5.75 Å². The molecule has 0 heterocycles. The van der Waals surface area contributed by atoms with Crippen molar-refractivity contribution in [1.29, 1.82) is 0 Å². The van der Waals surface area contributed by atoms with Crippen LogP contribution in [-0.4, -0.2) is 21.1 Å². The monoisotopic (exact) mass is 389 g/mol. The van der Waals surface area contributed by atoms with Crippen LogP contribution in [0.5, 0.6) is 5.75 Å². The van der Waals surface area contributed by atoms with Crippen molar-refractivity contribution in [1.82, 2.24) is 4.72 Å². The lowest BCUT2D eigenvalue weighted by molar-refractivity contribution is 0.314. The highest BCUT2D eigenvalue weighted by Gasteiger charge is 2.22. The first kappa shape index (κ1) is 17.8. The van der Waals surface area contributed by atoms with Gasteiger partial charge >= 0.3 is 0 Å². The molecular formula is C16H24BrNO3S. The van der Waals surface area contributed by atoms with E-state index < -0.39 is 10.0 Å². The summed E-state index contributed by atoms with van der Waals surface area (Å²) in [5.41, 5.74) is 0. The summed E-state index contributed by atoms with van der Waals surface area (Å²) in [6.07, 6.45) is 7.32. The van der Waals surface area contributed by atoms with Gasteiger partial charge in [-0.2, -0.15) is 0 Å². The van der Waals surface area contributed by atoms with E-state index in [0.29, 0.717) is 12.4 Å². The fraction of sp³-hybridized carbons (Fsp3) is 0.625. The van der Waals surface area contributed by atoms with Crippen LogP contribution in [0.2, 0.25) is 0 Å². The second kappa shape index (κ2) is 8.31. The number of benzene rings is 1. The Kier molecular flexibility index (Phi) is 6.71. The summed E-state index contributed by atoms with van der Waals surface area (Å²) in [6, 6.07) is 4.99. The van der Waals surface area contributed by atoms with Crippen LogP contribution in [0.1, 0.15) is 51.9 Å². The van der Waals surface area contributed by atoms with Gasteiger partial charge in [-0.3, -0.25) is 0 Å². The molecule has 4 nitrogen and oxygen atoms in total. The van der Waals surface area contributed by atoms with Crippen LogP contribution in [0.3, 0.4) is 0 Å². The molecule has 0 atom stereocenters. The molecule has 0 aromatic heterocycles. The van der Waals surface area contributed by atoms with Gasteiger partial charge in [-0.25, -0.2) is 13.1 Å². The van der Waals surface area contributed by atoms with Gasteiger partial charge in [0.05, 0.1) is 16.0 Å². The van der Waals surface area contributed by atoms with Gasteiger partial charge in [0.2, 0.25) is 10.0 Å². The molecule has 6 heteroatoms. The molecule has 0 aliphatic heterocycles. The van der Waals surface area contributed by atoms with Crippen LogP contribution in [-0.2, 0) is 10.0 Å². The van der Waals surface area contributed by atoms with Gasteiger partial charge in [-0.05, 0) is 47.3 Å². The van der Waals surface area contributed by atoms with Crippen molar-refractivity contribution in [2.45, 2.75) is 62.8 Å². The van der Waals surface area contributed by atoms with Crippen LogP contribution in [0.15, 0.2) is 27.6 Å². The van der Waals surface area contributed by atoms with Crippen molar-refractivity contribution in [2.24, 2.45) is 0 Å². The minimum Gasteiger partial charge on any atom is -0.492 e. The van der Waals surface area contributed by atoms with E-state index in [-0.39, 0.29) is 10.9 Å². The molecule has 1 saturated carbocycles. The predicted octanol–water partition coefficient (Wildman–Crippen LogP) is 4.24. The molecule has 0 bridgehead atoms. The Hall–Kier alpha value is -0.590. The highest BCUT2D eigenvalue weighted by atomic mass is 79.9. The number of rotatable bonds is 6. The van der Waals surface area contributed by atoms with Crippen molar-refractivity contribution in [3.63, 3.8) is 0 Å². The van der Waals surface area contributed by atoms with E-state index in [9.17, 15) is 8.42 Å². The van der Waals surface area contributed by atoms with Crippen LogP contribution >= 0.6 is 15.9 Å². The molecule has 1 aliphatic rings. The molecule has 1 aliphatic carbocycles. The fourth-order valence-corrected chi connectivity index (χ4v) is 4.34. The van der Waals surface area contributed by atoms with Crippen molar-refractivity contribution in [2.75, 3.05) is 6.61 Å². The molecule has 0 spiro atoms. The Balaban J connectivity index is 2.14. The Morgan fingerprint density at radius 2 is 1.91 bits per heavy atom. The largest absolute Gasteiger partial charge is 0.492 e. The van der Waals surface area contributed by atoms with E-state index in [0.717, 1.165) is 36.6 Å². The second-order valence-electron chi connectivity index (χ2n) is 5.75. The molecule has 22 heavy (non-hydrogen) atoms. The summed E-state index contributed by atoms with van der Waals surface area (Å²) in [7, 11) is -3.49. The topological polar surface area (TPSA) is 55.4 Å². The molecule has 0 radical (unpaired) electrons. The van der Waals surface area contributed by atoms with E-state index in [1.54, 1.807) is 18.2 Å². The van der Waals surface area contributed by atoms with E-state index in [4.69, 9.17) is 4.74 Å². The third-order valence-corrected chi connectivity index (χ3v) is 6.02. The van der Waals surface area contributed by atoms with Crippen molar-refractivity contribution >= 4 is 26.0 Å². The molecule has 0 unspecified atom stereocenters. The number of sulfonamides is 1. The first-order chi connectivity index (χ1) is 10.5. The highest BCUT2D eigenvalue weighted by molar-refractivity contribution is 9.10. The molecule has 1 fully saturated rings. The summed E-state index contributed by atoms with van der Waals surface area (Å²) in [5.74, 6) is 0.575. The summed E-state index contributed by atoms with van der Waals surface area (Å²) < 4.78 is 34.4. The first-order valence-electron chi connectivity index (χ1n) is 7.97. The van der Waals surface area contributed by atoms with Crippen LogP contribution < -0.4 is 9.46 Å². The van der Waals surface area contributed by atoms with Gasteiger partial charge in [0.1, 0.15) is 5.75 Å². The first-order valence-corrected chi connectivity index (χ1v) is 10.2. The number of nitrogens with one attached hydrogen (secondary N) is 1. The summed E-state index contributed by atoms with van der Waals surface area (Å²) in [6.45, 7) is 2.58. The smallest absolute Gasteiger partial charge is 0.240 e. The number of ether oxygens (including phenoxy) is 1. The number of halogens is 1. The lowest BCUT2D eigenvalue weighted by atomic mass is 10.1. The van der Waals surface area contributed by atoms with Crippen LogP contribution in [0, 0.1) is 0 Å². The molecule has 1 aromatic carbocycles. The van der Waals surface area contributed by atoms with E-state index in [2.05, 4.69) is 20.7 Å². The van der Waals surface area contributed by atoms with E-state index in [1.807, 2.05) is 6.92 Å². The van der Waals surface area contributed by atoms with Crippen LogP contribution in [0.4, 0.5) is 0 Å². The van der Waals surface area contributed by atoms with Gasteiger partial charge < -0.3 is 4.74 Å². The lowest BCUT2D eigenvalue weighted by Gasteiger charge is -2.17. The maximum Gasteiger partial charge on any atom is 0.240 e. The summed E-state index contributed by atoms with van der Waals surface area (Å²) in [4.78, 5) is 0.269. The normalized spacial score (nSPS) is 17.2. The third kappa shape index (κ3) is 4.96. The number of hydrogen-bond acceptors (Lipinski definition) is 3. The second-order valence-corrected chi connectivity index (χ2v) is 8.32. The van der Waals surface area contributed by atoms with Crippen LogP contribution in [0.25, 0.3) is 0 Å². The molecule has 2 rings (SSSR count). The highest BCUT2D eigenvalue weighted by Crippen LogP contribution is 2.28. The van der Waals surface area contributed by atoms with Crippen molar-refractivity contribution in [3.05, 3.63) is 22.7 Å². The zero-order valence-corrected chi connectivity index (χ0v) is 15.4. The minimum absolute atomic E-state index is 0.0520. The van der Waals surface area contributed by atoms with Gasteiger partial charge in [-0.1, -0.05) is 32.6 Å². The average molecular weight is 390 g/mol. The third-order valence-electron chi connectivity index (χ3n) is 3.85. The molecule has 0 saturated heterocycles. The summed E-state index contributed by atoms with van der Waals surface area (Å²) in [5, 5.41) is 0. The maximum absolute atomic E-state index is 12.6. The zero-order valence-electron chi connectivity index (χ0n) is 13.0. The van der Waals surface area contributed by atoms with Gasteiger partial charge in [0.15, 0.2) is 0 Å². The van der Waals surface area contributed by atoms with Crippen molar-refractivity contribution < 1.29 is 13.2 Å². The lowest BCUT2D eigenvalue weighted by Crippen LogP contribution is -2.34. The minimum atomic E-state index is -3.49. The van der Waals surface area contributed by atoms with E-state index >= 15 is 0 Å². The Bertz CT molecular complexity index is 581. The summed E-state index contributed by atoms with van der Waals surface area (Å²) >= 11 is 3.40. The maximum atomic E-state index is 12.6. The molecule has 1 aromatic rings. The van der Waals surface area contributed by atoms with Gasteiger partial charge in [0, 0.05) is 12.1 Å². The molecule has 124 valence electrons. The Morgan fingerprint density at radius 3 is 2.55 bits per heavy atom. The quantitative estimate of drug-likeness (QED) is 0.740. The molecular weight excluding hydrogens is 366 g/mol. The standard InChI is InChI=1S/C16H24BrNO3S/c1-2-11-21-16-12-14(9-10-15(16)17)22(19,20)18-13-7-5-3-4-6-8-13/h9-10,12-13,18H,2-8,11H2,1H3. The molecule has 0 amide bonds. The SMILES string of the molecule is CCCOc1cc(S(=O)(=O)NC2CCCCCC2)ccc1Br. The molecule has 1 N–H and O–H groups in total. The number of hydrogen-bond donors (Lipinski definition) is 1. The van der Waals surface area contributed by atoms with Gasteiger partial charge in [-0.15, -0.1) is 0 Å². The zero-order chi connectivity index (χ0) is 16.0. The van der Waals surface area contributed by atoms with Gasteiger partial charge in [0.25, 0.3) is 0 Å². The Labute approximate surface area is 141 Å². The Morgan fingerprint density at radius 1 is 1.23 bits per heavy atom. The van der Waals surface area contributed by atoms with E-state index in [1.165, 1.54) is 12.8 Å². The average Bonchev–Trinajstić information content (AvgIpc) is 2.74.